The van der Waals surface area contributed by atoms with Crippen molar-refractivity contribution in [3.63, 3.8) is 0 Å². The lowest BCUT2D eigenvalue weighted by Gasteiger charge is -2.45. The van der Waals surface area contributed by atoms with Crippen LogP contribution in [0.1, 0.15) is 93.4 Å². The number of methoxy groups -OCH3 is 1. The third-order valence-electron chi connectivity index (χ3n) is 9.65. The second-order valence-electron chi connectivity index (χ2n) is 12.1. The maximum Gasteiger partial charge on any atom is 0.140 e. The van der Waals surface area contributed by atoms with E-state index in [1.54, 1.807) is 7.11 Å². The van der Waals surface area contributed by atoms with E-state index in [4.69, 9.17) is 18.9 Å². The zero-order valence-corrected chi connectivity index (χ0v) is 23.5. The number of aliphatic hydroxyl groups excluding tert-OH is 1. The Hall–Kier alpha value is -0.530. The SMILES string of the molecule is CC[C@@]1([C@@H]2CCC([C@@H](C)OC)[C@@H](C)O2)CCC([C@H](C)C(=O)C[C@@H](O)[C@@H](C)C2OC[C@@H](C)C[C@@H]2C)O1. The highest BCUT2D eigenvalue weighted by Crippen LogP contribution is 2.45. The van der Waals surface area contributed by atoms with Gasteiger partial charge in [0.2, 0.25) is 0 Å². The van der Waals surface area contributed by atoms with E-state index in [-0.39, 0.29) is 60.2 Å². The summed E-state index contributed by atoms with van der Waals surface area (Å²) < 4.78 is 24.8. The fourth-order valence-corrected chi connectivity index (χ4v) is 7.02. The van der Waals surface area contributed by atoms with Crippen LogP contribution in [0.3, 0.4) is 0 Å². The second kappa shape index (κ2) is 12.3. The molecule has 0 aliphatic carbocycles. The molecule has 3 aliphatic heterocycles. The van der Waals surface area contributed by atoms with Crippen LogP contribution in [0, 0.1) is 29.6 Å². The van der Waals surface area contributed by atoms with Crippen LogP contribution in [-0.2, 0) is 23.7 Å². The first-order valence-electron chi connectivity index (χ1n) is 14.2. The molecule has 0 aromatic heterocycles. The lowest BCUT2D eigenvalue weighted by atomic mass is 9.80. The van der Waals surface area contributed by atoms with Gasteiger partial charge in [0.1, 0.15) is 5.78 Å². The summed E-state index contributed by atoms with van der Waals surface area (Å²) in [6.45, 7) is 15.6. The Balaban J connectivity index is 1.55. The molecule has 3 fully saturated rings. The molecule has 3 unspecified atom stereocenters. The molecule has 0 aromatic rings. The maximum absolute atomic E-state index is 13.2. The van der Waals surface area contributed by atoms with Crippen molar-refractivity contribution in [3.8, 4) is 0 Å². The van der Waals surface area contributed by atoms with E-state index in [1.165, 1.54) is 0 Å². The van der Waals surface area contributed by atoms with Crippen molar-refractivity contribution in [2.24, 2.45) is 29.6 Å². The molecule has 0 spiro atoms. The van der Waals surface area contributed by atoms with Gasteiger partial charge in [-0.1, -0.05) is 34.6 Å². The van der Waals surface area contributed by atoms with Crippen molar-refractivity contribution < 1.29 is 28.8 Å². The van der Waals surface area contributed by atoms with Gasteiger partial charge in [-0.25, -0.2) is 0 Å². The van der Waals surface area contributed by atoms with Gasteiger partial charge in [-0.3, -0.25) is 4.79 Å². The van der Waals surface area contributed by atoms with E-state index in [0.717, 1.165) is 45.1 Å². The molecule has 35 heavy (non-hydrogen) atoms. The average molecular weight is 497 g/mol. The van der Waals surface area contributed by atoms with Gasteiger partial charge in [0.15, 0.2) is 0 Å². The van der Waals surface area contributed by atoms with Crippen molar-refractivity contribution >= 4 is 5.78 Å². The zero-order chi connectivity index (χ0) is 25.9. The van der Waals surface area contributed by atoms with Crippen LogP contribution in [0.4, 0.5) is 0 Å². The van der Waals surface area contributed by atoms with Gasteiger partial charge >= 0.3 is 0 Å². The summed E-state index contributed by atoms with van der Waals surface area (Å²) >= 11 is 0. The standard InChI is InChI=1S/C29H52O6/c1-9-29(27-11-10-23(21(6)32-8)22(7)34-27)13-12-26(35-29)19(4)24(30)15-25(31)20(5)28-18(3)14-17(2)16-33-28/h17-23,25-28,31H,9-16H2,1-8H3/t17-,18-,19+,20+,21+,22+,23?,25+,26?,27-,28?,29-/m0/s1. The summed E-state index contributed by atoms with van der Waals surface area (Å²) in [6, 6.07) is 0. The van der Waals surface area contributed by atoms with Gasteiger partial charge in [0.05, 0.1) is 42.2 Å². The summed E-state index contributed by atoms with van der Waals surface area (Å²) in [4.78, 5) is 13.2. The predicted octanol–water partition coefficient (Wildman–Crippen LogP) is 5.19. The van der Waals surface area contributed by atoms with Crippen LogP contribution in [0.5, 0.6) is 0 Å². The number of hydrogen-bond donors (Lipinski definition) is 1. The van der Waals surface area contributed by atoms with Gasteiger partial charge in [0, 0.05) is 37.9 Å². The van der Waals surface area contributed by atoms with E-state index in [9.17, 15) is 9.90 Å². The molecule has 3 heterocycles. The Labute approximate surface area is 213 Å². The van der Waals surface area contributed by atoms with Crippen molar-refractivity contribution in [3.05, 3.63) is 0 Å². The summed E-state index contributed by atoms with van der Waals surface area (Å²) in [6.07, 6.45) is 5.49. The van der Waals surface area contributed by atoms with Crippen LogP contribution >= 0.6 is 0 Å². The number of ether oxygens (including phenoxy) is 4. The number of hydrogen-bond acceptors (Lipinski definition) is 6. The van der Waals surface area contributed by atoms with Crippen molar-refractivity contribution in [2.45, 2.75) is 136 Å². The minimum Gasteiger partial charge on any atom is -0.392 e. The summed E-state index contributed by atoms with van der Waals surface area (Å²) in [7, 11) is 1.76. The van der Waals surface area contributed by atoms with Crippen LogP contribution in [0.2, 0.25) is 0 Å². The monoisotopic (exact) mass is 496 g/mol. The third kappa shape index (κ3) is 6.49. The summed E-state index contributed by atoms with van der Waals surface area (Å²) in [5, 5.41) is 10.9. The van der Waals surface area contributed by atoms with Crippen molar-refractivity contribution in [1.29, 1.82) is 0 Å². The first kappa shape index (κ1) is 29.0. The second-order valence-corrected chi connectivity index (χ2v) is 12.1. The molecular weight excluding hydrogens is 444 g/mol. The lowest BCUT2D eigenvalue weighted by molar-refractivity contribution is -0.200. The van der Waals surface area contributed by atoms with Crippen molar-refractivity contribution in [1.82, 2.24) is 0 Å². The predicted molar refractivity (Wildman–Crippen MR) is 137 cm³/mol. The van der Waals surface area contributed by atoms with Crippen LogP contribution < -0.4 is 0 Å². The van der Waals surface area contributed by atoms with Gasteiger partial charge in [-0.2, -0.15) is 0 Å². The molecular formula is C29H52O6. The molecule has 3 rings (SSSR count). The van der Waals surface area contributed by atoms with E-state index < -0.39 is 6.10 Å². The normalized spacial score (nSPS) is 41.8. The van der Waals surface area contributed by atoms with E-state index in [2.05, 4.69) is 34.6 Å². The summed E-state index contributed by atoms with van der Waals surface area (Å²) in [5.41, 5.74) is -0.331. The fraction of sp³-hybridized carbons (Fsp3) is 0.966. The number of ketones is 1. The van der Waals surface area contributed by atoms with E-state index >= 15 is 0 Å². The van der Waals surface area contributed by atoms with Gasteiger partial charge in [0.25, 0.3) is 0 Å². The molecule has 6 nitrogen and oxygen atoms in total. The lowest BCUT2D eigenvalue weighted by Crippen LogP contribution is -2.51. The molecule has 6 heteroatoms. The number of aliphatic hydroxyl groups is 1. The quantitative estimate of drug-likeness (QED) is 0.449. The summed E-state index contributed by atoms with van der Waals surface area (Å²) in [5.74, 6) is 1.12. The average Bonchev–Trinajstić information content (AvgIpc) is 3.28. The minimum atomic E-state index is -0.689. The minimum absolute atomic E-state index is 0.00914. The molecule has 0 radical (unpaired) electrons. The molecule has 204 valence electrons. The third-order valence-corrected chi connectivity index (χ3v) is 9.65. The Morgan fingerprint density at radius 2 is 1.86 bits per heavy atom. The number of rotatable bonds is 10. The zero-order valence-electron chi connectivity index (χ0n) is 23.5. The maximum atomic E-state index is 13.2. The largest absolute Gasteiger partial charge is 0.392 e. The first-order chi connectivity index (χ1) is 16.5. The van der Waals surface area contributed by atoms with Crippen LogP contribution in [-0.4, -0.2) is 66.8 Å². The highest BCUT2D eigenvalue weighted by atomic mass is 16.6. The van der Waals surface area contributed by atoms with Gasteiger partial charge < -0.3 is 24.1 Å². The van der Waals surface area contributed by atoms with E-state index in [0.29, 0.717) is 17.8 Å². The molecule has 0 bridgehead atoms. The molecule has 0 aromatic carbocycles. The molecule has 12 atom stereocenters. The smallest absolute Gasteiger partial charge is 0.140 e. The van der Waals surface area contributed by atoms with Crippen LogP contribution in [0.15, 0.2) is 0 Å². The fourth-order valence-electron chi connectivity index (χ4n) is 7.02. The Morgan fingerprint density at radius 3 is 2.46 bits per heavy atom. The first-order valence-corrected chi connectivity index (χ1v) is 14.2. The Bertz CT molecular complexity index is 684. The Kier molecular flexibility index (Phi) is 10.2. The Morgan fingerprint density at radius 1 is 1.14 bits per heavy atom. The van der Waals surface area contributed by atoms with Gasteiger partial charge in [-0.05, 0) is 64.2 Å². The number of carbonyl (C=O) groups excluding carboxylic acids is 1. The number of carbonyl (C=O) groups is 1. The van der Waals surface area contributed by atoms with Gasteiger partial charge in [-0.15, -0.1) is 0 Å². The highest BCUT2D eigenvalue weighted by Gasteiger charge is 2.50. The van der Waals surface area contributed by atoms with Crippen LogP contribution in [0.25, 0.3) is 0 Å². The highest BCUT2D eigenvalue weighted by molar-refractivity contribution is 5.81. The molecule has 3 aliphatic rings. The molecule has 0 amide bonds. The molecule has 1 N–H and O–H groups in total. The molecule has 0 saturated carbocycles. The molecule has 3 saturated heterocycles. The van der Waals surface area contributed by atoms with E-state index in [1.807, 2.05) is 13.8 Å². The van der Waals surface area contributed by atoms with Crippen molar-refractivity contribution in [2.75, 3.05) is 13.7 Å². The topological polar surface area (TPSA) is 74.2 Å². The number of Topliss-reactive ketones (excluding diaryl/α,β-unsaturated/α-hetero) is 1.